The molecule has 0 spiro atoms. The van der Waals surface area contributed by atoms with E-state index in [1.165, 1.54) is 14.2 Å². The van der Waals surface area contributed by atoms with Crippen molar-refractivity contribution in [3.05, 3.63) is 0 Å². The number of esters is 1. The summed E-state index contributed by atoms with van der Waals surface area (Å²) in [4.78, 5) is 11.1. The van der Waals surface area contributed by atoms with Crippen LogP contribution in [0, 0.1) is 0 Å². The number of nitrogens with zero attached hydrogens (tertiary/aromatic N) is 1. The van der Waals surface area contributed by atoms with Gasteiger partial charge >= 0.3 is 5.97 Å². The summed E-state index contributed by atoms with van der Waals surface area (Å²) in [5, 5.41) is 9.37. The number of aliphatic hydroxyl groups is 1. The molecule has 0 fully saturated rings. The largest absolute Gasteiger partial charge is 0.465 e. The van der Waals surface area contributed by atoms with Crippen LogP contribution in [-0.2, 0) is 24.3 Å². The summed E-state index contributed by atoms with van der Waals surface area (Å²) in [5.41, 5.74) is 0. The SMILES string of the molecule is CCOC(=O)CS(=O)(=O)N(C)CC(O)COC. The van der Waals surface area contributed by atoms with Crippen LogP contribution in [-0.4, -0.2) is 69.6 Å². The van der Waals surface area contributed by atoms with Crippen molar-refractivity contribution in [1.29, 1.82) is 0 Å². The van der Waals surface area contributed by atoms with E-state index in [2.05, 4.69) is 9.47 Å². The lowest BCUT2D eigenvalue weighted by atomic mass is 10.4. The van der Waals surface area contributed by atoms with Crippen molar-refractivity contribution in [2.24, 2.45) is 0 Å². The Morgan fingerprint density at radius 2 is 2.06 bits per heavy atom. The number of methoxy groups -OCH3 is 1. The highest BCUT2D eigenvalue weighted by atomic mass is 32.2. The predicted octanol–water partition coefficient (Wildman–Crippen LogP) is -1.18. The summed E-state index contributed by atoms with van der Waals surface area (Å²) < 4.78 is 33.4. The van der Waals surface area contributed by atoms with Gasteiger partial charge in [-0.05, 0) is 6.92 Å². The average Bonchev–Trinajstić information content (AvgIpc) is 2.17. The molecule has 0 aromatic carbocycles. The van der Waals surface area contributed by atoms with Gasteiger partial charge in [-0.3, -0.25) is 4.79 Å². The average molecular weight is 269 g/mol. The number of aliphatic hydroxyl groups excluding tert-OH is 1. The summed E-state index contributed by atoms with van der Waals surface area (Å²) in [5.74, 6) is -1.53. The number of ether oxygens (including phenoxy) is 2. The fourth-order valence-electron chi connectivity index (χ4n) is 1.12. The molecule has 102 valence electrons. The van der Waals surface area contributed by atoms with E-state index in [9.17, 15) is 18.3 Å². The lowest BCUT2D eigenvalue weighted by Crippen LogP contribution is -2.39. The number of hydrogen-bond acceptors (Lipinski definition) is 6. The minimum Gasteiger partial charge on any atom is -0.465 e. The topological polar surface area (TPSA) is 93.1 Å². The molecule has 0 aliphatic carbocycles. The van der Waals surface area contributed by atoms with Crippen LogP contribution in [0.4, 0.5) is 0 Å². The summed E-state index contributed by atoms with van der Waals surface area (Å²) >= 11 is 0. The first-order valence-corrected chi connectivity index (χ1v) is 6.71. The van der Waals surface area contributed by atoms with E-state index in [4.69, 9.17) is 0 Å². The third-order valence-electron chi connectivity index (χ3n) is 1.91. The minimum absolute atomic E-state index is 0.0271. The van der Waals surface area contributed by atoms with Crippen LogP contribution in [0.15, 0.2) is 0 Å². The molecule has 0 amide bonds. The molecule has 0 saturated heterocycles. The summed E-state index contributed by atoms with van der Waals surface area (Å²) in [6.45, 7) is 1.62. The molecule has 0 heterocycles. The van der Waals surface area contributed by atoms with Crippen LogP contribution in [0.25, 0.3) is 0 Å². The Balaban J connectivity index is 4.34. The molecule has 0 rings (SSSR count). The summed E-state index contributed by atoms with van der Waals surface area (Å²) in [6, 6.07) is 0. The van der Waals surface area contributed by atoms with Crippen LogP contribution in [0.2, 0.25) is 0 Å². The molecule has 0 aliphatic heterocycles. The third kappa shape index (κ3) is 6.57. The van der Waals surface area contributed by atoms with Crippen LogP contribution >= 0.6 is 0 Å². The van der Waals surface area contributed by atoms with Gasteiger partial charge in [-0.1, -0.05) is 0 Å². The number of likely N-dealkylation sites (N-methyl/N-ethyl adjacent to an activating group) is 1. The standard InChI is InChI=1S/C9H19NO6S/c1-4-16-9(12)7-17(13,14)10(2)5-8(11)6-15-3/h8,11H,4-7H2,1-3H3. The quantitative estimate of drug-likeness (QED) is 0.557. The van der Waals surface area contributed by atoms with Crippen molar-refractivity contribution in [2.75, 3.05) is 39.7 Å². The van der Waals surface area contributed by atoms with E-state index in [0.717, 1.165) is 4.31 Å². The fourth-order valence-corrected chi connectivity index (χ4v) is 2.12. The van der Waals surface area contributed by atoms with Crippen LogP contribution < -0.4 is 0 Å². The van der Waals surface area contributed by atoms with Crippen LogP contribution in [0.5, 0.6) is 0 Å². The van der Waals surface area contributed by atoms with E-state index < -0.39 is 27.8 Å². The van der Waals surface area contributed by atoms with E-state index in [0.29, 0.717) is 0 Å². The number of carbonyl (C=O) groups is 1. The van der Waals surface area contributed by atoms with Crippen molar-refractivity contribution >= 4 is 16.0 Å². The van der Waals surface area contributed by atoms with E-state index in [-0.39, 0.29) is 19.8 Å². The van der Waals surface area contributed by atoms with Gasteiger partial charge in [0.05, 0.1) is 19.3 Å². The zero-order valence-electron chi connectivity index (χ0n) is 10.2. The number of hydrogen-bond donors (Lipinski definition) is 1. The molecule has 0 aromatic heterocycles. The molecule has 7 nitrogen and oxygen atoms in total. The maximum Gasteiger partial charge on any atom is 0.322 e. The summed E-state index contributed by atoms with van der Waals surface area (Å²) in [6.07, 6.45) is -0.929. The number of rotatable bonds is 8. The zero-order chi connectivity index (χ0) is 13.5. The molecule has 17 heavy (non-hydrogen) atoms. The Bertz CT molecular complexity index is 328. The Hall–Kier alpha value is -0.700. The highest BCUT2D eigenvalue weighted by molar-refractivity contribution is 7.89. The summed E-state index contributed by atoms with van der Waals surface area (Å²) in [7, 11) is -1.07. The monoisotopic (exact) mass is 269 g/mol. The molecule has 0 aliphatic rings. The highest BCUT2D eigenvalue weighted by Gasteiger charge is 2.24. The van der Waals surface area contributed by atoms with Gasteiger partial charge in [0.2, 0.25) is 10.0 Å². The van der Waals surface area contributed by atoms with Gasteiger partial charge in [0.1, 0.15) is 0 Å². The molecule has 0 radical (unpaired) electrons. The maximum absolute atomic E-state index is 11.6. The first-order chi connectivity index (χ1) is 7.83. The van der Waals surface area contributed by atoms with Crippen molar-refractivity contribution in [3.8, 4) is 0 Å². The lowest BCUT2D eigenvalue weighted by molar-refractivity contribution is -0.140. The first kappa shape index (κ1) is 16.3. The van der Waals surface area contributed by atoms with E-state index in [1.54, 1.807) is 6.92 Å². The lowest BCUT2D eigenvalue weighted by Gasteiger charge is -2.19. The Kier molecular flexibility index (Phi) is 7.28. The van der Waals surface area contributed by atoms with Gasteiger partial charge in [0.25, 0.3) is 0 Å². The zero-order valence-corrected chi connectivity index (χ0v) is 11.1. The number of sulfonamides is 1. The van der Waals surface area contributed by atoms with Gasteiger partial charge in [0.15, 0.2) is 5.75 Å². The third-order valence-corrected chi connectivity index (χ3v) is 3.61. The predicted molar refractivity (Wildman–Crippen MR) is 60.9 cm³/mol. The van der Waals surface area contributed by atoms with E-state index in [1.807, 2.05) is 0 Å². The molecule has 0 saturated carbocycles. The van der Waals surface area contributed by atoms with Crippen molar-refractivity contribution in [2.45, 2.75) is 13.0 Å². The van der Waals surface area contributed by atoms with Gasteiger partial charge in [0, 0.05) is 20.7 Å². The molecular weight excluding hydrogens is 250 g/mol. The molecule has 0 bridgehead atoms. The molecular formula is C9H19NO6S. The smallest absolute Gasteiger partial charge is 0.322 e. The minimum atomic E-state index is -3.75. The molecule has 8 heteroatoms. The van der Waals surface area contributed by atoms with Gasteiger partial charge in [-0.2, -0.15) is 0 Å². The maximum atomic E-state index is 11.6. The van der Waals surface area contributed by atoms with Gasteiger partial charge in [-0.25, -0.2) is 12.7 Å². The van der Waals surface area contributed by atoms with Crippen molar-refractivity contribution in [3.63, 3.8) is 0 Å². The highest BCUT2D eigenvalue weighted by Crippen LogP contribution is 2.01. The van der Waals surface area contributed by atoms with E-state index >= 15 is 0 Å². The Morgan fingerprint density at radius 1 is 1.47 bits per heavy atom. The van der Waals surface area contributed by atoms with Crippen molar-refractivity contribution in [1.82, 2.24) is 4.31 Å². The second-order valence-corrected chi connectivity index (χ2v) is 5.53. The number of carbonyl (C=O) groups excluding carboxylic acids is 1. The van der Waals surface area contributed by atoms with Crippen LogP contribution in [0.1, 0.15) is 6.92 Å². The second-order valence-electron chi connectivity index (χ2n) is 3.45. The normalized spacial score (nSPS) is 13.7. The fraction of sp³-hybridized carbons (Fsp3) is 0.889. The Labute approximate surface area is 101 Å². The van der Waals surface area contributed by atoms with Crippen molar-refractivity contribution < 1.29 is 27.8 Å². The molecule has 1 N–H and O–H groups in total. The molecule has 1 unspecified atom stereocenters. The Morgan fingerprint density at radius 3 is 2.53 bits per heavy atom. The molecule has 1 atom stereocenters. The second kappa shape index (κ2) is 7.59. The van der Waals surface area contributed by atoms with Crippen LogP contribution in [0.3, 0.4) is 0 Å². The van der Waals surface area contributed by atoms with Gasteiger partial charge < -0.3 is 14.6 Å². The first-order valence-electron chi connectivity index (χ1n) is 5.10. The molecule has 0 aromatic rings. The van der Waals surface area contributed by atoms with Gasteiger partial charge in [-0.15, -0.1) is 0 Å².